The molecule has 35 heavy (non-hydrogen) atoms. The van der Waals surface area contributed by atoms with E-state index in [0.717, 1.165) is 38.5 Å². The Morgan fingerprint density at radius 1 is 0.971 bits per heavy atom. The lowest BCUT2D eigenvalue weighted by atomic mass is 9.43. The van der Waals surface area contributed by atoms with E-state index in [2.05, 4.69) is 26.1 Å². The number of rotatable bonds is 7. The van der Waals surface area contributed by atoms with Crippen LogP contribution in [0.25, 0.3) is 0 Å². The second kappa shape index (κ2) is 9.86. The topological polar surface area (TPSA) is 144 Å². The Balaban J connectivity index is 1.42. The molecule has 8 nitrogen and oxygen atoms in total. The van der Waals surface area contributed by atoms with E-state index in [9.17, 15) is 28.5 Å². The number of fused-ring (bicyclic) bond motifs is 5. The first kappa shape index (κ1) is 27.3. The third-order valence-electron chi connectivity index (χ3n) is 11.0. The summed E-state index contributed by atoms with van der Waals surface area (Å²) in [6, 6.07) is 0. The Morgan fingerprint density at radius 3 is 2.31 bits per heavy atom. The van der Waals surface area contributed by atoms with Gasteiger partial charge >= 0.3 is 0 Å². The van der Waals surface area contributed by atoms with Gasteiger partial charge in [0.2, 0.25) is 5.91 Å². The van der Waals surface area contributed by atoms with Gasteiger partial charge in [-0.05, 0) is 97.7 Å². The van der Waals surface area contributed by atoms with E-state index in [-0.39, 0.29) is 41.2 Å². The third-order valence-corrected chi connectivity index (χ3v) is 11.7. The summed E-state index contributed by atoms with van der Waals surface area (Å²) >= 11 is 0. The summed E-state index contributed by atoms with van der Waals surface area (Å²) < 4.78 is 30.5. The molecule has 4 aliphatic carbocycles. The molecule has 0 heterocycles. The molecular weight excluding hydrogens is 470 g/mol. The molecule has 1 unspecified atom stereocenters. The van der Waals surface area contributed by atoms with Crippen LogP contribution in [-0.4, -0.2) is 64.8 Å². The van der Waals surface area contributed by atoms with E-state index in [1.54, 1.807) is 0 Å². The van der Waals surface area contributed by atoms with Gasteiger partial charge in [-0.2, -0.15) is 8.42 Å². The van der Waals surface area contributed by atoms with Crippen LogP contribution in [0, 0.1) is 46.3 Å². The Morgan fingerprint density at radius 2 is 1.63 bits per heavy atom. The Bertz CT molecular complexity index is 896. The zero-order valence-corrected chi connectivity index (χ0v) is 22.2. The zero-order chi connectivity index (χ0) is 25.8. The van der Waals surface area contributed by atoms with Crippen molar-refractivity contribution in [2.24, 2.45) is 46.3 Å². The van der Waals surface area contributed by atoms with Gasteiger partial charge in [-0.1, -0.05) is 20.8 Å². The summed E-state index contributed by atoms with van der Waals surface area (Å²) in [4.78, 5) is 12.2. The maximum atomic E-state index is 12.2. The van der Waals surface area contributed by atoms with Gasteiger partial charge in [-0.3, -0.25) is 9.35 Å². The maximum absolute atomic E-state index is 12.2. The van der Waals surface area contributed by atoms with Gasteiger partial charge in [0.15, 0.2) is 0 Å². The van der Waals surface area contributed by atoms with E-state index < -0.39 is 28.1 Å². The first-order valence-corrected chi connectivity index (χ1v) is 15.1. The Hall–Kier alpha value is -0.740. The van der Waals surface area contributed by atoms with Gasteiger partial charge in [0.05, 0.1) is 24.1 Å². The largest absolute Gasteiger partial charge is 0.393 e. The van der Waals surface area contributed by atoms with Crippen LogP contribution in [0.5, 0.6) is 0 Å². The number of aliphatic hydroxyl groups excluding tert-OH is 3. The van der Waals surface area contributed by atoms with Crippen molar-refractivity contribution < 1.29 is 33.1 Å². The smallest absolute Gasteiger partial charge is 0.266 e. The molecule has 0 radical (unpaired) electrons. The molecule has 0 spiro atoms. The number of hydrogen-bond donors (Lipinski definition) is 5. The lowest BCUT2D eigenvalue weighted by Gasteiger charge is -2.63. The standard InChI is InChI=1S/C26H45NO7S/c1-15(4-7-21(29)27-12-13-35(32,33)34)17-5-6-18-22-19(9-11-25(17,18)2)26(3)10-8-16(28)14-20(26)23(30)24(22)31/h15-20,22-24,28,30-31H,4-14H2,1-3H3,(H,27,29)(H,32,33,34)/t15-,16-,17?,18+,19+,20+,22+,23-,24+,25-,26-/m1/s1. The number of carbonyl (C=O) groups is 1. The van der Waals surface area contributed by atoms with Gasteiger partial charge in [-0.15, -0.1) is 0 Å². The molecule has 0 bridgehead atoms. The molecule has 4 fully saturated rings. The summed E-state index contributed by atoms with van der Waals surface area (Å²) in [6.45, 7) is 6.75. The van der Waals surface area contributed by atoms with E-state index in [1.165, 1.54) is 0 Å². The van der Waals surface area contributed by atoms with Crippen LogP contribution in [-0.2, 0) is 14.9 Å². The van der Waals surface area contributed by atoms with Crippen molar-refractivity contribution in [3.63, 3.8) is 0 Å². The van der Waals surface area contributed by atoms with Gasteiger partial charge in [-0.25, -0.2) is 0 Å². The SMILES string of the molecule is C[C@H](CCC(=O)NCCS(=O)(=O)O)C1CC[C@H]2[C@@H]3[C@H](O)[C@H](O)[C@@H]4C[C@H](O)CC[C@]4(C)[C@H]3CC[C@]12C. The maximum Gasteiger partial charge on any atom is 0.266 e. The van der Waals surface area contributed by atoms with E-state index >= 15 is 0 Å². The van der Waals surface area contributed by atoms with Crippen molar-refractivity contribution in [1.82, 2.24) is 5.32 Å². The van der Waals surface area contributed by atoms with Crippen LogP contribution in [0.15, 0.2) is 0 Å². The molecule has 202 valence electrons. The number of nitrogens with one attached hydrogen (secondary N) is 1. The van der Waals surface area contributed by atoms with Crippen molar-refractivity contribution in [2.45, 2.75) is 96.9 Å². The first-order valence-electron chi connectivity index (χ1n) is 13.5. The van der Waals surface area contributed by atoms with Gasteiger partial charge in [0.1, 0.15) is 0 Å². The van der Waals surface area contributed by atoms with Crippen LogP contribution in [0.4, 0.5) is 0 Å². The molecule has 1 amide bonds. The molecule has 0 aromatic carbocycles. The summed E-state index contributed by atoms with van der Waals surface area (Å²) in [5.41, 5.74) is 0.00776. The average Bonchev–Trinajstić information content (AvgIpc) is 3.13. The monoisotopic (exact) mass is 515 g/mol. The Labute approximate surface area is 210 Å². The molecule has 0 aliphatic heterocycles. The summed E-state index contributed by atoms with van der Waals surface area (Å²) in [7, 11) is -4.08. The molecule has 9 heteroatoms. The lowest BCUT2D eigenvalue weighted by molar-refractivity contribution is -0.223. The van der Waals surface area contributed by atoms with Crippen LogP contribution in [0.2, 0.25) is 0 Å². The molecule has 0 saturated heterocycles. The van der Waals surface area contributed by atoms with E-state index in [4.69, 9.17) is 4.55 Å². The Kier molecular flexibility index (Phi) is 7.69. The first-order chi connectivity index (χ1) is 16.3. The molecule has 5 N–H and O–H groups in total. The van der Waals surface area contributed by atoms with Crippen molar-refractivity contribution >= 4 is 16.0 Å². The molecule has 0 aromatic rings. The van der Waals surface area contributed by atoms with Crippen LogP contribution < -0.4 is 5.32 Å². The highest BCUT2D eigenvalue weighted by Crippen LogP contribution is 2.68. The number of amides is 1. The zero-order valence-electron chi connectivity index (χ0n) is 21.4. The lowest BCUT2D eigenvalue weighted by Crippen LogP contribution is -2.64. The third kappa shape index (κ3) is 5.05. The summed E-state index contributed by atoms with van der Waals surface area (Å²) in [5, 5.41) is 35.4. The van der Waals surface area contributed by atoms with Crippen molar-refractivity contribution in [3.05, 3.63) is 0 Å². The van der Waals surface area contributed by atoms with Crippen LogP contribution in [0.1, 0.15) is 78.6 Å². The van der Waals surface area contributed by atoms with Gasteiger partial charge < -0.3 is 20.6 Å². The molecule has 4 aliphatic rings. The van der Waals surface area contributed by atoms with Crippen LogP contribution in [0.3, 0.4) is 0 Å². The quantitative estimate of drug-likeness (QED) is 0.327. The number of carbonyl (C=O) groups excluding carboxylic acids is 1. The molecule has 11 atom stereocenters. The highest BCUT2D eigenvalue weighted by molar-refractivity contribution is 7.85. The minimum absolute atomic E-state index is 0.0479. The van der Waals surface area contributed by atoms with Crippen molar-refractivity contribution in [1.29, 1.82) is 0 Å². The molecule has 0 aromatic heterocycles. The number of aliphatic hydroxyl groups is 3. The second-order valence-corrected chi connectivity index (χ2v) is 14.3. The average molecular weight is 516 g/mol. The van der Waals surface area contributed by atoms with Gasteiger partial charge in [0.25, 0.3) is 10.1 Å². The fraction of sp³-hybridized carbons (Fsp3) is 0.962. The van der Waals surface area contributed by atoms with Crippen molar-refractivity contribution in [2.75, 3.05) is 12.3 Å². The highest BCUT2D eigenvalue weighted by Gasteiger charge is 2.65. The fourth-order valence-electron chi connectivity index (χ4n) is 9.18. The van der Waals surface area contributed by atoms with Gasteiger partial charge in [0, 0.05) is 13.0 Å². The number of hydrogen-bond acceptors (Lipinski definition) is 6. The van der Waals surface area contributed by atoms with Crippen molar-refractivity contribution in [3.8, 4) is 0 Å². The molecular formula is C26H45NO7S. The fourth-order valence-corrected chi connectivity index (χ4v) is 9.54. The van der Waals surface area contributed by atoms with E-state index in [1.807, 2.05) is 0 Å². The summed E-state index contributed by atoms with van der Waals surface area (Å²) in [6.07, 6.45) is 5.54. The molecule has 4 saturated carbocycles. The second-order valence-electron chi connectivity index (χ2n) is 12.7. The minimum Gasteiger partial charge on any atom is -0.393 e. The molecule has 4 rings (SSSR count). The predicted molar refractivity (Wildman–Crippen MR) is 132 cm³/mol. The van der Waals surface area contributed by atoms with E-state index in [0.29, 0.717) is 42.9 Å². The van der Waals surface area contributed by atoms with Crippen LogP contribution >= 0.6 is 0 Å². The highest BCUT2D eigenvalue weighted by atomic mass is 32.2. The normalized spacial score (nSPS) is 46.3. The predicted octanol–water partition coefficient (Wildman–Crippen LogP) is 2.37. The summed E-state index contributed by atoms with van der Waals surface area (Å²) in [5.74, 6) is 0.781. The minimum atomic E-state index is -4.08.